The van der Waals surface area contributed by atoms with Crippen LogP contribution in [-0.4, -0.2) is 61.0 Å². The van der Waals surface area contributed by atoms with Crippen LogP contribution in [0.25, 0.3) is 0 Å². The first-order valence-electron chi connectivity index (χ1n) is 11.4. The van der Waals surface area contributed by atoms with E-state index in [0.29, 0.717) is 45.0 Å². The summed E-state index contributed by atoms with van der Waals surface area (Å²) in [5.41, 5.74) is 3.63. The summed E-state index contributed by atoms with van der Waals surface area (Å²) < 4.78 is 18.3. The Kier molecular flexibility index (Phi) is 7.42. The Hall–Kier alpha value is -3.46. The van der Waals surface area contributed by atoms with Crippen LogP contribution in [0.5, 0.6) is 0 Å². The van der Waals surface area contributed by atoms with E-state index in [1.165, 1.54) is 19.2 Å². The number of halogens is 1. The summed E-state index contributed by atoms with van der Waals surface area (Å²) >= 11 is 0. The molecular weight excluding hydrogens is 439 g/mol. The summed E-state index contributed by atoms with van der Waals surface area (Å²) in [7, 11) is 1.54. The Balaban J connectivity index is 1.25. The van der Waals surface area contributed by atoms with Gasteiger partial charge in [-0.15, -0.1) is 0 Å². The highest BCUT2D eigenvalue weighted by atomic mass is 19.1. The average molecular weight is 469 g/mol. The summed E-state index contributed by atoms with van der Waals surface area (Å²) in [5.74, 6) is -1.10. The third-order valence-corrected chi connectivity index (χ3v) is 6.38. The van der Waals surface area contributed by atoms with Crippen molar-refractivity contribution in [2.75, 3.05) is 38.7 Å². The number of nitrogens with zero attached hydrogens (tertiary/aromatic N) is 2. The molecule has 2 aliphatic heterocycles. The molecule has 2 N–H and O–H groups in total. The molecular formula is C25H29FN4O4. The van der Waals surface area contributed by atoms with Crippen molar-refractivity contribution in [2.24, 2.45) is 0 Å². The quantitative estimate of drug-likeness (QED) is 0.522. The highest BCUT2D eigenvalue weighted by molar-refractivity contribution is 6.35. The molecule has 0 spiro atoms. The third-order valence-electron chi connectivity index (χ3n) is 6.38. The zero-order chi connectivity index (χ0) is 24.1. The van der Waals surface area contributed by atoms with Crippen molar-refractivity contribution in [2.45, 2.75) is 31.8 Å². The Morgan fingerprint density at radius 3 is 2.41 bits per heavy atom. The zero-order valence-electron chi connectivity index (χ0n) is 19.2. The van der Waals surface area contributed by atoms with Crippen LogP contribution in [0.15, 0.2) is 42.5 Å². The molecule has 4 amide bonds. The summed E-state index contributed by atoms with van der Waals surface area (Å²) in [6.07, 6.45) is 1.54. The number of urea groups is 1. The van der Waals surface area contributed by atoms with E-state index in [2.05, 4.69) is 10.6 Å². The number of carbonyl (C=O) groups excluding carboxylic acids is 3. The van der Waals surface area contributed by atoms with Crippen LogP contribution in [0.2, 0.25) is 0 Å². The number of piperidine rings is 1. The minimum atomic E-state index is -0.596. The number of amides is 4. The normalized spacial score (nSPS) is 15.7. The maximum atomic E-state index is 13.4. The van der Waals surface area contributed by atoms with Crippen LogP contribution in [-0.2, 0) is 27.4 Å². The van der Waals surface area contributed by atoms with Crippen LogP contribution >= 0.6 is 0 Å². The Morgan fingerprint density at radius 2 is 1.71 bits per heavy atom. The van der Waals surface area contributed by atoms with Crippen molar-refractivity contribution in [3.8, 4) is 0 Å². The number of hydrogen-bond acceptors (Lipinski definition) is 4. The number of likely N-dealkylation sites (tertiary alicyclic amines) is 1. The smallest absolute Gasteiger partial charge is 0.322 e. The van der Waals surface area contributed by atoms with E-state index in [1.54, 1.807) is 15.9 Å². The van der Waals surface area contributed by atoms with Gasteiger partial charge in [0.1, 0.15) is 5.82 Å². The predicted octanol–water partition coefficient (Wildman–Crippen LogP) is 2.84. The van der Waals surface area contributed by atoms with Crippen molar-refractivity contribution in [3.63, 3.8) is 0 Å². The summed E-state index contributed by atoms with van der Waals surface area (Å²) in [5, 5.41) is 5.47. The Bertz CT molecular complexity index is 1050. The van der Waals surface area contributed by atoms with E-state index < -0.39 is 11.8 Å². The first-order valence-corrected chi connectivity index (χ1v) is 11.4. The van der Waals surface area contributed by atoms with Gasteiger partial charge in [-0.05, 0) is 59.7 Å². The molecule has 9 heteroatoms. The topological polar surface area (TPSA) is 91.0 Å². The van der Waals surface area contributed by atoms with Crippen molar-refractivity contribution in [1.82, 2.24) is 15.1 Å². The number of hydrogen-bond donors (Lipinski definition) is 2. The highest BCUT2D eigenvalue weighted by Gasteiger charge is 2.28. The van der Waals surface area contributed by atoms with Gasteiger partial charge in [0.15, 0.2) is 0 Å². The summed E-state index contributed by atoms with van der Waals surface area (Å²) in [6.45, 7) is 2.57. The van der Waals surface area contributed by atoms with Crippen molar-refractivity contribution >= 4 is 23.5 Å². The maximum absolute atomic E-state index is 13.4. The summed E-state index contributed by atoms with van der Waals surface area (Å²) in [6, 6.07) is 12.1. The number of methoxy groups -OCH3 is 1. The number of rotatable bonds is 5. The van der Waals surface area contributed by atoms with Crippen LogP contribution in [0, 0.1) is 5.82 Å². The van der Waals surface area contributed by atoms with Gasteiger partial charge in [0.2, 0.25) is 0 Å². The van der Waals surface area contributed by atoms with Gasteiger partial charge in [-0.2, -0.15) is 0 Å². The number of carbonyl (C=O) groups is 3. The van der Waals surface area contributed by atoms with Crippen LogP contribution in [0.4, 0.5) is 14.9 Å². The van der Waals surface area contributed by atoms with Crippen molar-refractivity contribution < 1.29 is 23.5 Å². The molecule has 2 aromatic carbocycles. The van der Waals surface area contributed by atoms with Gasteiger partial charge in [-0.25, -0.2) is 9.18 Å². The van der Waals surface area contributed by atoms with Gasteiger partial charge < -0.3 is 25.2 Å². The van der Waals surface area contributed by atoms with E-state index >= 15 is 0 Å². The third kappa shape index (κ3) is 5.53. The lowest BCUT2D eigenvalue weighted by Gasteiger charge is -2.31. The molecule has 4 rings (SSSR count). The Labute approximate surface area is 198 Å². The standard InChI is InChI=1S/C25H29FN4O4/c1-34-13-10-27-23(31)24(32)29-11-8-18(9-12-29)17-3-6-22(7-4-17)28-25(33)30-15-19-2-5-21(26)14-20(19)16-30/h2-7,14,18H,8-13,15-16H2,1H3,(H,27,31)(H,28,33). The minimum Gasteiger partial charge on any atom is -0.383 e. The van der Waals surface area contributed by atoms with E-state index in [4.69, 9.17) is 4.74 Å². The van der Waals surface area contributed by atoms with Crippen LogP contribution in [0.3, 0.4) is 0 Å². The van der Waals surface area contributed by atoms with Crippen LogP contribution < -0.4 is 10.6 Å². The number of fused-ring (bicyclic) bond motifs is 1. The fourth-order valence-corrected chi connectivity index (χ4v) is 4.45. The second-order valence-electron chi connectivity index (χ2n) is 8.64. The largest absolute Gasteiger partial charge is 0.383 e. The SMILES string of the molecule is COCCNC(=O)C(=O)N1CCC(c2ccc(NC(=O)N3Cc4ccc(F)cc4C3)cc2)CC1. The van der Waals surface area contributed by atoms with Gasteiger partial charge in [-0.3, -0.25) is 9.59 Å². The van der Waals surface area contributed by atoms with E-state index in [-0.39, 0.29) is 17.8 Å². The molecule has 2 heterocycles. The van der Waals surface area contributed by atoms with Gasteiger partial charge in [-0.1, -0.05) is 18.2 Å². The van der Waals surface area contributed by atoms with E-state index in [1.807, 2.05) is 24.3 Å². The molecule has 2 aromatic rings. The molecule has 1 saturated heterocycles. The van der Waals surface area contributed by atoms with E-state index in [9.17, 15) is 18.8 Å². The molecule has 1 fully saturated rings. The summed E-state index contributed by atoms with van der Waals surface area (Å²) in [4.78, 5) is 40.1. The van der Waals surface area contributed by atoms with Gasteiger partial charge in [0.25, 0.3) is 0 Å². The highest BCUT2D eigenvalue weighted by Crippen LogP contribution is 2.29. The first-order chi connectivity index (χ1) is 16.4. The van der Waals surface area contributed by atoms with Crippen molar-refractivity contribution in [3.05, 3.63) is 65.0 Å². The van der Waals surface area contributed by atoms with Crippen LogP contribution in [0.1, 0.15) is 35.4 Å². The molecule has 0 aliphatic carbocycles. The number of ether oxygens (including phenoxy) is 1. The average Bonchev–Trinajstić information content (AvgIpc) is 3.28. The number of anilines is 1. The molecule has 8 nitrogen and oxygen atoms in total. The maximum Gasteiger partial charge on any atom is 0.322 e. The molecule has 0 bridgehead atoms. The van der Waals surface area contributed by atoms with E-state index in [0.717, 1.165) is 29.5 Å². The molecule has 0 unspecified atom stereocenters. The lowest BCUT2D eigenvalue weighted by atomic mass is 9.89. The predicted molar refractivity (Wildman–Crippen MR) is 125 cm³/mol. The zero-order valence-corrected chi connectivity index (χ0v) is 19.2. The van der Waals surface area contributed by atoms with Gasteiger partial charge in [0, 0.05) is 45.5 Å². The monoisotopic (exact) mass is 468 g/mol. The minimum absolute atomic E-state index is 0.222. The molecule has 0 saturated carbocycles. The van der Waals surface area contributed by atoms with Gasteiger partial charge in [0.05, 0.1) is 6.61 Å². The fraction of sp³-hybridized carbons (Fsp3) is 0.400. The second-order valence-corrected chi connectivity index (χ2v) is 8.64. The molecule has 180 valence electrons. The molecule has 0 atom stereocenters. The van der Waals surface area contributed by atoms with Gasteiger partial charge >= 0.3 is 17.8 Å². The lowest BCUT2D eigenvalue weighted by Crippen LogP contribution is -2.46. The second kappa shape index (κ2) is 10.6. The lowest BCUT2D eigenvalue weighted by molar-refractivity contribution is -0.146. The number of benzene rings is 2. The first kappa shape index (κ1) is 23.7. The number of nitrogens with one attached hydrogen (secondary N) is 2. The fourth-order valence-electron chi connectivity index (χ4n) is 4.45. The molecule has 2 aliphatic rings. The molecule has 34 heavy (non-hydrogen) atoms. The van der Waals surface area contributed by atoms with Crippen molar-refractivity contribution in [1.29, 1.82) is 0 Å². The Morgan fingerprint density at radius 1 is 1.00 bits per heavy atom. The molecule has 0 aromatic heterocycles. The molecule has 0 radical (unpaired) electrons.